The van der Waals surface area contributed by atoms with Gasteiger partial charge in [-0.2, -0.15) is 0 Å². The Morgan fingerprint density at radius 1 is 0.576 bits per heavy atom. The van der Waals surface area contributed by atoms with Gasteiger partial charge in [-0.1, -0.05) is 97.9 Å². The molecule has 0 atom stereocenters. The Morgan fingerprint density at radius 3 is 1.82 bits per heavy atom. The summed E-state index contributed by atoms with van der Waals surface area (Å²) in [6.07, 6.45) is 0.891. The molecule has 2 heteroatoms. The number of benzene rings is 5. The zero-order valence-corrected chi connectivity index (χ0v) is 18.6. The van der Waals surface area contributed by atoms with Crippen LogP contribution in [0.5, 0.6) is 0 Å². The third-order valence-corrected chi connectivity index (χ3v) is 6.39. The molecule has 0 fully saturated rings. The number of fused-ring (bicyclic) bond motifs is 2. The number of nitrogens with zero attached hydrogens (tertiary/aromatic N) is 2. The van der Waals surface area contributed by atoms with Crippen LogP contribution >= 0.6 is 0 Å². The Kier molecular flexibility index (Phi) is 4.77. The average Bonchev–Trinajstić information content (AvgIpc) is 3.27. The molecule has 0 aliphatic carbocycles. The number of hydrogen-bond donors (Lipinski definition) is 0. The normalized spacial score (nSPS) is 11.3. The Balaban J connectivity index is 1.47. The van der Waals surface area contributed by atoms with Crippen molar-refractivity contribution in [3.8, 4) is 27.9 Å². The predicted octanol–water partition coefficient (Wildman–Crippen LogP) is 8.08. The summed E-state index contributed by atoms with van der Waals surface area (Å²) in [5.41, 5.74) is 8.33. The molecule has 0 aliphatic rings. The summed E-state index contributed by atoms with van der Waals surface area (Å²) in [6.45, 7) is 2.16. The van der Waals surface area contributed by atoms with Gasteiger partial charge in [0.15, 0.2) is 0 Å². The minimum Gasteiger partial charge on any atom is -0.296 e. The van der Waals surface area contributed by atoms with E-state index in [2.05, 4.69) is 121 Å². The van der Waals surface area contributed by atoms with Crippen molar-refractivity contribution in [1.82, 2.24) is 9.55 Å². The van der Waals surface area contributed by atoms with E-state index in [9.17, 15) is 0 Å². The second kappa shape index (κ2) is 8.07. The van der Waals surface area contributed by atoms with Crippen molar-refractivity contribution in [1.29, 1.82) is 0 Å². The van der Waals surface area contributed by atoms with Crippen LogP contribution in [0.1, 0.15) is 12.7 Å². The monoisotopic (exact) mass is 424 g/mol. The van der Waals surface area contributed by atoms with Crippen molar-refractivity contribution in [3.63, 3.8) is 0 Å². The Hall–Kier alpha value is -4.17. The maximum Gasteiger partial charge on any atom is 0.114 e. The standard InChI is InChI=1S/C31H24N2/c1-2-31-32-29-14-8-9-15-30(29)33(31)24-18-16-23(17-19-24)26-21-20-25(22-10-4-3-5-11-22)27-12-6-7-13-28(26)27/h3-21H,2H2,1H3. The molecule has 1 heterocycles. The summed E-state index contributed by atoms with van der Waals surface area (Å²) in [4.78, 5) is 4.83. The molecule has 33 heavy (non-hydrogen) atoms. The van der Waals surface area contributed by atoms with Crippen LogP contribution in [0.2, 0.25) is 0 Å². The van der Waals surface area contributed by atoms with E-state index in [0.29, 0.717) is 0 Å². The second-order valence-corrected chi connectivity index (χ2v) is 8.32. The molecule has 2 nitrogen and oxygen atoms in total. The lowest BCUT2D eigenvalue weighted by Crippen LogP contribution is -1.99. The first-order chi connectivity index (χ1) is 16.3. The third-order valence-electron chi connectivity index (χ3n) is 6.39. The van der Waals surface area contributed by atoms with Gasteiger partial charge in [0.05, 0.1) is 11.0 Å². The molecule has 0 radical (unpaired) electrons. The Morgan fingerprint density at radius 2 is 1.15 bits per heavy atom. The van der Waals surface area contributed by atoms with Crippen LogP contribution in [0, 0.1) is 0 Å². The first-order valence-corrected chi connectivity index (χ1v) is 11.5. The molecule has 0 saturated heterocycles. The van der Waals surface area contributed by atoms with Gasteiger partial charge in [-0.15, -0.1) is 0 Å². The topological polar surface area (TPSA) is 17.8 Å². The summed E-state index contributed by atoms with van der Waals surface area (Å²) >= 11 is 0. The molecule has 0 saturated carbocycles. The lowest BCUT2D eigenvalue weighted by molar-refractivity contribution is 0.908. The van der Waals surface area contributed by atoms with Crippen LogP contribution in [0.15, 0.2) is 115 Å². The van der Waals surface area contributed by atoms with E-state index >= 15 is 0 Å². The molecule has 6 aromatic rings. The lowest BCUT2D eigenvalue weighted by atomic mass is 9.92. The number of aryl methyl sites for hydroxylation is 1. The van der Waals surface area contributed by atoms with Crippen LogP contribution in [0.4, 0.5) is 0 Å². The maximum absolute atomic E-state index is 4.83. The van der Waals surface area contributed by atoms with Crippen LogP contribution in [0.3, 0.4) is 0 Å². The van der Waals surface area contributed by atoms with Crippen molar-refractivity contribution in [2.45, 2.75) is 13.3 Å². The lowest BCUT2D eigenvalue weighted by Gasteiger charge is -2.13. The van der Waals surface area contributed by atoms with Crippen LogP contribution in [-0.2, 0) is 6.42 Å². The molecule has 6 rings (SSSR count). The summed E-state index contributed by atoms with van der Waals surface area (Å²) in [5.74, 6) is 1.08. The van der Waals surface area contributed by atoms with Crippen LogP contribution in [0.25, 0.3) is 49.7 Å². The quantitative estimate of drug-likeness (QED) is 0.280. The van der Waals surface area contributed by atoms with Gasteiger partial charge in [-0.3, -0.25) is 4.57 Å². The van der Waals surface area contributed by atoms with E-state index < -0.39 is 0 Å². The second-order valence-electron chi connectivity index (χ2n) is 8.32. The van der Waals surface area contributed by atoms with Crippen molar-refractivity contribution < 1.29 is 0 Å². The summed E-state index contributed by atoms with van der Waals surface area (Å²) in [5, 5.41) is 2.55. The van der Waals surface area contributed by atoms with E-state index in [-0.39, 0.29) is 0 Å². The molecule has 158 valence electrons. The van der Waals surface area contributed by atoms with E-state index in [0.717, 1.165) is 29.0 Å². The van der Waals surface area contributed by atoms with Gasteiger partial charge in [-0.25, -0.2) is 4.98 Å². The van der Waals surface area contributed by atoms with Crippen molar-refractivity contribution >= 4 is 21.8 Å². The number of para-hydroxylation sites is 2. The molecule has 5 aromatic carbocycles. The van der Waals surface area contributed by atoms with E-state index in [4.69, 9.17) is 4.98 Å². The van der Waals surface area contributed by atoms with Gasteiger partial charge in [0.2, 0.25) is 0 Å². The van der Waals surface area contributed by atoms with Crippen molar-refractivity contribution in [2.75, 3.05) is 0 Å². The molecule has 0 unspecified atom stereocenters. The fourth-order valence-corrected chi connectivity index (χ4v) is 4.81. The van der Waals surface area contributed by atoms with Crippen LogP contribution < -0.4 is 0 Å². The van der Waals surface area contributed by atoms with Gasteiger partial charge in [0.1, 0.15) is 5.82 Å². The van der Waals surface area contributed by atoms with Gasteiger partial charge in [-0.05, 0) is 57.3 Å². The fourth-order valence-electron chi connectivity index (χ4n) is 4.81. The molecular formula is C31H24N2. The van der Waals surface area contributed by atoms with Gasteiger partial charge in [0.25, 0.3) is 0 Å². The Bertz CT molecular complexity index is 1580. The number of aromatic nitrogens is 2. The molecular weight excluding hydrogens is 400 g/mol. The summed E-state index contributed by atoms with van der Waals surface area (Å²) in [7, 11) is 0. The molecule has 0 spiro atoms. The highest BCUT2D eigenvalue weighted by molar-refractivity contribution is 6.04. The number of imidazole rings is 1. The fraction of sp³-hybridized carbons (Fsp3) is 0.0645. The highest BCUT2D eigenvalue weighted by atomic mass is 15.1. The van der Waals surface area contributed by atoms with Gasteiger partial charge in [0, 0.05) is 12.1 Å². The maximum atomic E-state index is 4.83. The van der Waals surface area contributed by atoms with Crippen LogP contribution in [-0.4, -0.2) is 9.55 Å². The first-order valence-electron chi connectivity index (χ1n) is 11.5. The Labute approximate surface area is 193 Å². The highest BCUT2D eigenvalue weighted by Crippen LogP contribution is 2.36. The SMILES string of the molecule is CCc1nc2ccccc2n1-c1ccc(-c2ccc(-c3ccccc3)c3ccccc23)cc1. The van der Waals surface area contributed by atoms with Crippen molar-refractivity contribution in [3.05, 3.63) is 121 Å². The molecule has 0 N–H and O–H groups in total. The molecule has 1 aromatic heterocycles. The van der Waals surface area contributed by atoms with Gasteiger partial charge >= 0.3 is 0 Å². The zero-order chi connectivity index (χ0) is 22.2. The number of hydrogen-bond acceptors (Lipinski definition) is 1. The van der Waals surface area contributed by atoms with E-state index in [1.165, 1.54) is 33.0 Å². The largest absolute Gasteiger partial charge is 0.296 e. The molecule has 0 amide bonds. The average molecular weight is 425 g/mol. The summed E-state index contributed by atoms with van der Waals surface area (Å²) < 4.78 is 2.27. The smallest absolute Gasteiger partial charge is 0.114 e. The summed E-state index contributed by atoms with van der Waals surface area (Å²) in [6, 6.07) is 41.1. The third kappa shape index (κ3) is 3.32. The highest BCUT2D eigenvalue weighted by Gasteiger charge is 2.12. The van der Waals surface area contributed by atoms with Crippen molar-refractivity contribution in [2.24, 2.45) is 0 Å². The minimum absolute atomic E-state index is 0.891. The number of rotatable bonds is 4. The molecule has 0 bridgehead atoms. The minimum atomic E-state index is 0.891. The predicted molar refractivity (Wildman–Crippen MR) is 139 cm³/mol. The van der Waals surface area contributed by atoms with E-state index in [1.54, 1.807) is 0 Å². The first kappa shape index (κ1) is 19.5. The van der Waals surface area contributed by atoms with Gasteiger partial charge < -0.3 is 0 Å². The molecule has 0 aliphatic heterocycles. The van der Waals surface area contributed by atoms with E-state index in [1.807, 2.05) is 6.07 Å². The zero-order valence-electron chi connectivity index (χ0n) is 18.6.